The van der Waals surface area contributed by atoms with Crippen molar-refractivity contribution in [3.05, 3.63) is 35.0 Å². The predicted octanol–water partition coefficient (Wildman–Crippen LogP) is 2.36. The molecule has 0 unspecified atom stereocenters. The highest BCUT2D eigenvalue weighted by Crippen LogP contribution is 2.36. The van der Waals surface area contributed by atoms with Crippen LogP contribution in [0.1, 0.15) is 42.6 Å². The van der Waals surface area contributed by atoms with Crippen molar-refractivity contribution in [1.29, 1.82) is 5.26 Å². The summed E-state index contributed by atoms with van der Waals surface area (Å²) in [6.45, 7) is 4.35. The molecule has 1 aromatic heterocycles. The normalized spacial score (nSPS) is 16.9. The number of fused-ring (bicyclic) bond motifs is 1. The Hall–Kier alpha value is -3.05. The maximum Gasteiger partial charge on any atom is 0.219 e. The van der Waals surface area contributed by atoms with Crippen LogP contribution < -0.4 is 10.6 Å². The SMILES string of the molecule is CC(=O)N1CCc2c(c(N(C)c3ccc(N)c(C#N)c3)nn2C2CCOCC2)C1. The van der Waals surface area contributed by atoms with E-state index in [0.29, 0.717) is 30.4 Å². The average Bonchev–Trinajstić information content (AvgIpc) is 3.13. The minimum atomic E-state index is 0.0716. The van der Waals surface area contributed by atoms with Crippen LogP contribution in [0.3, 0.4) is 0 Å². The second-order valence-electron chi connectivity index (χ2n) is 7.67. The Kier molecular flexibility index (Phi) is 5.16. The van der Waals surface area contributed by atoms with E-state index in [4.69, 9.17) is 15.6 Å². The Morgan fingerprint density at radius 2 is 2.14 bits per heavy atom. The van der Waals surface area contributed by atoms with Gasteiger partial charge >= 0.3 is 0 Å². The lowest BCUT2D eigenvalue weighted by Gasteiger charge is -2.29. The molecule has 3 heterocycles. The molecule has 0 spiro atoms. The van der Waals surface area contributed by atoms with Gasteiger partial charge in [-0.25, -0.2) is 0 Å². The molecule has 2 aromatic rings. The number of amides is 1. The zero-order valence-electron chi connectivity index (χ0n) is 16.9. The summed E-state index contributed by atoms with van der Waals surface area (Å²) in [7, 11) is 1.94. The summed E-state index contributed by atoms with van der Waals surface area (Å²) in [6, 6.07) is 7.86. The largest absolute Gasteiger partial charge is 0.398 e. The van der Waals surface area contributed by atoms with Crippen LogP contribution in [0.15, 0.2) is 18.2 Å². The number of carbonyl (C=O) groups is 1. The van der Waals surface area contributed by atoms with Crippen LogP contribution in [0.5, 0.6) is 0 Å². The average molecular weight is 394 g/mol. The first-order valence-electron chi connectivity index (χ1n) is 9.96. The van der Waals surface area contributed by atoms with Crippen LogP contribution in [-0.2, 0) is 22.5 Å². The molecule has 0 atom stereocenters. The second-order valence-corrected chi connectivity index (χ2v) is 7.67. The summed E-state index contributed by atoms with van der Waals surface area (Å²) < 4.78 is 7.68. The lowest BCUT2D eigenvalue weighted by molar-refractivity contribution is -0.129. The Morgan fingerprint density at radius 1 is 1.38 bits per heavy atom. The van der Waals surface area contributed by atoms with Crippen molar-refractivity contribution >= 4 is 23.1 Å². The lowest BCUT2D eigenvalue weighted by Crippen LogP contribution is -2.35. The van der Waals surface area contributed by atoms with Gasteiger partial charge in [-0.1, -0.05) is 0 Å². The first kappa shape index (κ1) is 19.3. The van der Waals surface area contributed by atoms with Crippen molar-refractivity contribution in [3.8, 4) is 6.07 Å². The van der Waals surface area contributed by atoms with E-state index in [1.165, 1.54) is 5.69 Å². The molecular weight excluding hydrogens is 368 g/mol. The molecule has 1 amide bonds. The molecule has 1 saturated heterocycles. The summed E-state index contributed by atoms with van der Waals surface area (Å²) in [4.78, 5) is 15.9. The fraction of sp³-hybridized carbons (Fsp3) is 0.476. The molecule has 152 valence electrons. The number of nitrogens with two attached hydrogens (primary N) is 1. The quantitative estimate of drug-likeness (QED) is 0.802. The van der Waals surface area contributed by atoms with E-state index in [1.54, 1.807) is 19.1 Å². The van der Waals surface area contributed by atoms with E-state index in [-0.39, 0.29) is 5.91 Å². The highest BCUT2D eigenvalue weighted by Gasteiger charge is 2.31. The molecule has 0 saturated carbocycles. The number of ether oxygens (including phenoxy) is 1. The summed E-state index contributed by atoms with van der Waals surface area (Å²) >= 11 is 0. The van der Waals surface area contributed by atoms with Crippen LogP contribution in [0.2, 0.25) is 0 Å². The fourth-order valence-electron chi connectivity index (χ4n) is 4.17. The van der Waals surface area contributed by atoms with Crippen molar-refractivity contribution in [2.45, 2.75) is 38.8 Å². The molecule has 0 aliphatic carbocycles. The first-order chi connectivity index (χ1) is 14.0. The number of benzene rings is 1. The van der Waals surface area contributed by atoms with E-state index >= 15 is 0 Å². The third kappa shape index (κ3) is 3.54. The van der Waals surface area contributed by atoms with Crippen LogP contribution in [-0.4, -0.2) is 47.4 Å². The van der Waals surface area contributed by atoms with Gasteiger partial charge in [-0.2, -0.15) is 10.4 Å². The molecular formula is C21H26N6O2. The van der Waals surface area contributed by atoms with Crippen LogP contribution in [0.25, 0.3) is 0 Å². The van der Waals surface area contributed by atoms with E-state index in [1.807, 2.05) is 22.9 Å². The van der Waals surface area contributed by atoms with Crippen molar-refractivity contribution in [2.75, 3.05) is 37.4 Å². The number of nitrogen functional groups attached to an aromatic ring is 1. The van der Waals surface area contributed by atoms with Gasteiger partial charge in [-0.05, 0) is 31.0 Å². The van der Waals surface area contributed by atoms with Crippen LogP contribution >= 0.6 is 0 Å². The molecule has 4 rings (SSSR count). The highest BCUT2D eigenvalue weighted by atomic mass is 16.5. The number of carbonyl (C=O) groups excluding carboxylic acids is 1. The molecule has 2 aliphatic heterocycles. The zero-order chi connectivity index (χ0) is 20.5. The van der Waals surface area contributed by atoms with Crippen LogP contribution in [0, 0.1) is 11.3 Å². The van der Waals surface area contributed by atoms with Crippen molar-refractivity contribution in [2.24, 2.45) is 0 Å². The topological polar surface area (TPSA) is 100 Å². The third-order valence-electron chi connectivity index (χ3n) is 5.91. The molecule has 2 N–H and O–H groups in total. The molecule has 8 nitrogen and oxygen atoms in total. The lowest BCUT2D eigenvalue weighted by atomic mass is 10.0. The van der Waals surface area contributed by atoms with E-state index in [0.717, 1.165) is 49.5 Å². The van der Waals surface area contributed by atoms with Gasteiger partial charge in [0.25, 0.3) is 0 Å². The number of anilines is 3. The van der Waals surface area contributed by atoms with Gasteiger partial charge in [0.2, 0.25) is 5.91 Å². The number of nitriles is 1. The van der Waals surface area contributed by atoms with Crippen LogP contribution in [0.4, 0.5) is 17.2 Å². The highest BCUT2D eigenvalue weighted by molar-refractivity contribution is 5.75. The molecule has 1 aromatic carbocycles. The Bertz CT molecular complexity index is 970. The molecule has 0 bridgehead atoms. The summed E-state index contributed by atoms with van der Waals surface area (Å²) in [6.07, 6.45) is 2.67. The molecule has 8 heteroatoms. The van der Waals surface area contributed by atoms with E-state index in [2.05, 4.69) is 10.8 Å². The van der Waals surface area contributed by atoms with Gasteiger partial charge in [-0.3, -0.25) is 9.48 Å². The third-order valence-corrected chi connectivity index (χ3v) is 5.91. The van der Waals surface area contributed by atoms with Crippen molar-refractivity contribution in [3.63, 3.8) is 0 Å². The number of nitrogens with zero attached hydrogens (tertiary/aromatic N) is 5. The Labute approximate surface area is 170 Å². The van der Waals surface area contributed by atoms with Gasteiger partial charge < -0.3 is 20.3 Å². The number of aromatic nitrogens is 2. The van der Waals surface area contributed by atoms with Gasteiger partial charge in [-0.15, -0.1) is 0 Å². The van der Waals surface area contributed by atoms with E-state index < -0.39 is 0 Å². The molecule has 29 heavy (non-hydrogen) atoms. The number of hydrogen-bond acceptors (Lipinski definition) is 6. The first-order valence-corrected chi connectivity index (χ1v) is 9.96. The minimum Gasteiger partial charge on any atom is -0.398 e. The second kappa shape index (κ2) is 7.76. The van der Waals surface area contributed by atoms with Crippen molar-refractivity contribution in [1.82, 2.24) is 14.7 Å². The standard InChI is InChI=1S/C21H26N6O2/c1-14(28)26-8-5-20-18(13-26)21(24-27(20)16-6-9-29-10-7-16)25(2)17-3-4-19(23)15(11-17)12-22/h3-4,11,16H,5-10,13,23H2,1-2H3. The predicted molar refractivity (Wildman–Crippen MR) is 110 cm³/mol. The van der Waals surface area contributed by atoms with E-state index in [9.17, 15) is 10.1 Å². The summed E-state index contributed by atoms with van der Waals surface area (Å²) in [5.41, 5.74) is 9.91. The van der Waals surface area contributed by atoms with Crippen molar-refractivity contribution < 1.29 is 9.53 Å². The monoisotopic (exact) mass is 394 g/mol. The molecule has 0 radical (unpaired) electrons. The molecule has 1 fully saturated rings. The molecule has 2 aliphatic rings. The van der Waals surface area contributed by atoms with Gasteiger partial charge in [0.15, 0.2) is 5.82 Å². The summed E-state index contributed by atoms with van der Waals surface area (Å²) in [5.74, 6) is 0.897. The smallest absolute Gasteiger partial charge is 0.219 e. The Morgan fingerprint density at radius 3 is 2.83 bits per heavy atom. The maximum absolute atomic E-state index is 12.0. The number of rotatable bonds is 3. The number of hydrogen-bond donors (Lipinski definition) is 1. The Balaban J connectivity index is 1.77. The maximum atomic E-state index is 12.0. The zero-order valence-corrected chi connectivity index (χ0v) is 16.9. The van der Waals surface area contributed by atoms with Gasteiger partial charge in [0, 0.05) is 62.8 Å². The van der Waals surface area contributed by atoms with Gasteiger partial charge in [0.05, 0.1) is 18.2 Å². The van der Waals surface area contributed by atoms with Gasteiger partial charge in [0.1, 0.15) is 6.07 Å². The summed E-state index contributed by atoms with van der Waals surface area (Å²) in [5, 5.41) is 14.3. The minimum absolute atomic E-state index is 0.0716. The fourth-order valence-corrected chi connectivity index (χ4v) is 4.17.